The van der Waals surface area contributed by atoms with Gasteiger partial charge >= 0.3 is 0 Å². The van der Waals surface area contributed by atoms with Gasteiger partial charge in [0, 0.05) is 22.3 Å². The van der Waals surface area contributed by atoms with Gasteiger partial charge in [-0.2, -0.15) is 0 Å². The highest BCUT2D eigenvalue weighted by Crippen LogP contribution is 2.25. The minimum Gasteiger partial charge on any atom is -0.508 e. The largest absolute Gasteiger partial charge is 0.508 e. The number of ether oxygens (including phenoxy) is 1. The first-order valence-electron chi connectivity index (χ1n) is 9.51. The van der Waals surface area contributed by atoms with Gasteiger partial charge in [0.2, 0.25) is 0 Å². The monoisotopic (exact) mass is 412 g/mol. The standard InChI is InChI=1S/C26H17FO4/c27-21-10-4-17(5-11-21)25(29)19-8-14-23(15-9-19)31-24-3-1-2-20(16-24)26(30)18-6-12-22(28)13-7-18/h1-16,28H. The van der Waals surface area contributed by atoms with Crippen molar-refractivity contribution in [1.29, 1.82) is 0 Å². The van der Waals surface area contributed by atoms with Gasteiger partial charge in [-0.3, -0.25) is 9.59 Å². The van der Waals surface area contributed by atoms with Crippen molar-refractivity contribution in [2.24, 2.45) is 0 Å². The molecule has 1 N–H and O–H groups in total. The van der Waals surface area contributed by atoms with E-state index in [0.717, 1.165) is 0 Å². The molecule has 0 atom stereocenters. The maximum Gasteiger partial charge on any atom is 0.193 e. The lowest BCUT2D eigenvalue weighted by molar-refractivity contribution is 0.103. The molecule has 0 heterocycles. The fraction of sp³-hybridized carbons (Fsp3) is 0. The highest BCUT2D eigenvalue weighted by molar-refractivity contribution is 6.09. The molecule has 0 saturated carbocycles. The van der Waals surface area contributed by atoms with Crippen LogP contribution in [0.15, 0.2) is 97.1 Å². The molecule has 0 aliphatic carbocycles. The smallest absolute Gasteiger partial charge is 0.193 e. The van der Waals surface area contributed by atoms with Gasteiger partial charge in [0.15, 0.2) is 11.6 Å². The van der Waals surface area contributed by atoms with E-state index in [0.29, 0.717) is 33.8 Å². The number of phenols is 1. The molecule has 0 aliphatic rings. The van der Waals surface area contributed by atoms with Crippen molar-refractivity contribution in [1.82, 2.24) is 0 Å². The molecular weight excluding hydrogens is 395 g/mol. The average Bonchev–Trinajstić information content (AvgIpc) is 2.80. The molecule has 4 aromatic carbocycles. The van der Waals surface area contributed by atoms with Crippen LogP contribution < -0.4 is 4.74 Å². The zero-order valence-electron chi connectivity index (χ0n) is 16.3. The Morgan fingerprint density at radius 2 is 1.13 bits per heavy atom. The van der Waals surface area contributed by atoms with Crippen molar-refractivity contribution in [3.05, 3.63) is 125 Å². The van der Waals surface area contributed by atoms with Gasteiger partial charge < -0.3 is 9.84 Å². The Balaban J connectivity index is 1.49. The fourth-order valence-electron chi connectivity index (χ4n) is 3.06. The molecule has 4 aromatic rings. The maximum absolute atomic E-state index is 13.0. The van der Waals surface area contributed by atoms with E-state index >= 15 is 0 Å². The summed E-state index contributed by atoms with van der Waals surface area (Å²) in [6.07, 6.45) is 0. The number of halogens is 1. The molecule has 0 aromatic heterocycles. The molecule has 0 radical (unpaired) electrons. The Morgan fingerprint density at radius 3 is 1.74 bits per heavy atom. The van der Waals surface area contributed by atoms with Crippen LogP contribution in [0.5, 0.6) is 17.2 Å². The Kier molecular flexibility index (Phi) is 5.58. The van der Waals surface area contributed by atoms with Gasteiger partial charge in [-0.15, -0.1) is 0 Å². The average molecular weight is 412 g/mol. The summed E-state index contributed by atoms with van der Waals surface area (Å²) in [7, 11) is 0. The van der Waals surface area contributed by atoms with Gasteiger partial charge in [-0.1, -0.05) is 12.1 Å². The molecule has 0 spiro atoms. The van der Waals surface area contributed by atoms with Crippen LogP contribution in [0.25, 0.3) is 0 Å². The lowest BCUT2D eigenvalue weighted by atomic mass is 10.0. The Labute approximate surface area is 178 Å². The molecule has 0 bridgehead atoms. The van der Waals surface area contributed by atoms with Crippen LogP contribution in [0.3, 0.4) is 0 Å². The molecule has 0 saturated heterocycles. The zero-order valence-corrected chi connectivity index (χ0v) is 16.3. The van der Waals surface area contributed by atoms with E-state index in [1.165, 1.54) is 36.4 Å². The summed E-state index contributed by atoms with van der Waals surface area (Å²) in [5.74, 6) is 0.271. The summed E-state index contributed by atoms with van der Waals surface area (Å²) >= 11 is 0. The number of rotatable bonds is 6. The van der Waals surface area contributed by atoms with Gasteiger partial charge in [0.05, 0.1) is 0 Å². The van der Waals surface area contributed by atoms with E-state index in [1.807, 2.05) is 0 Å². The first kappa shape index (κ1) is 20.0. The SMILES string of the molecule is O=C(c1ccc(F)cc1)c1ccc(Oc2cccc(C(=O)c3ccc(O)cc3)c2)cc1. The van der Waals surface area contributed by atoms with Gasteiger partial charge in [-0.25, -0.2) is 4.39 Å². The quantitative estimate of drug-likeness (QED) is 0.408. The van der Waals surface area contributed by atoms with Crippen molar-refractivity contribution in [3.63, 3.8) is 0 Å². The van der Waals surface area contributed by atoms with Gasteiger partial charge in [0.25, 0.3) is 0 Å². The third kappa shape index (κ3) is 4.67. The van der Waals surface area contributed by atoms with Crippen LogP contribution in [0.4, 0.5) is 4.39 Å². The van der Waals surface area contributed by atoms with Crippen LogP contribution >= 0.6 is 0 Å². The molecule has 152 valence electrons. The van der Waals surface area contributed by atoms with Crippen LogP contribution in [-0.4, -0.2) is 16.7 Å². The minimum atomic E-state index is -0.397. The lowest BCUT2D eigenvalue weighted by Crippen LogP contribution is -2.01. The van der Waals surface area contributed by atoms with Crippen LogP contribution in [0, 0.1) is 5.82 Å². The van der Waals surface area contributed by atoms with Crippen molar-refractivity contribution in [3.8, 4) is 17.2 Å². The third-order valence-electron chi connectivity index (χ3n) is 4.68. The van der Waals surface area contributed by atoms with Crippen LogP contribution in [-0.2, 0) is 0 Å². The van der Waals surface area contributed by atoms with Crippen molar-refractivity contribution in [2.45, 2.75) is 0 Å². The van der Waals surface area contributed by atoms with Crippen molar-refractivity contribution < 1.29 is 23.8 Å². The Morgan fingerprint density at radius 1 is 0.613 bits per heavy atom. The molecule has 0 fully saturated rings. The maximum atomic E-state index is 13.0. The van der Waals surface area contributed by atoms with E-state index in [-0.39, 0.29) is 17.3 Å². The summed E-state index contributed by atoms with van der Waals surface area (Å²) in [6.45, 7) is 0. The number of hydrogen-bond acceptors (Lipinski definition) is 4. The summed E-state index contributed by atoms with van der Waals surface area (Å²) < 4.78 is 18.9. The number of hydrogen-bond donors (Lipinski definition) is 1. The fourth-order valence-corrected chi connectivity index (χ4v) is 3.06. The molecule has 0 unspecified atom stereocenters. The normalized spacial score (nSPS) is 10.5. The second-order valence-corrected chi connectivity index (χ2v) is 6.87. The second-order valence-electron chi connectivity index (χ2n) is 6.87. The number of carbonyl (C=O) groups excluding carboxylic acids is 2. The number of aromatic hydroxyl groups is 1. The van der Waals surface area contributed by atoms with E-state index < -0.39 is 5.82 Å². The second kappa shape index (κ2) is 8.63. The zero-order chi connectivity index (χ0) is 21.8. The summed E-state index contributed by atoms with van der Waals surface area (Å²) in [4.78, 5) is 25.1. The highest BCUT2D eigenvalue weighted by atomic mass is 19.1. The van der Waals surface area contributed by atoms with Crippen molar-refractivity contribution >= 4 is 11.6 Å². The molecular formula is C26H17FO4. The van der Waals surface area contributed by atoms with Gasteiger partial charge in [-0.05, 0) is 84.9 Å². The van der Waals surface area contributed by atoms with Crippen LogP contribution in [0.2, 0.25) is 0 Å². The van der Waals surface area contributed by atoms with Crippen LogP contribution in [0.1, 0.15) is 31.8 Å². The Hall–Kier alpha value is -4.25. The minimum absolute atomic E-state index is 0.0926. The molecule has 4 nitrogen and oxygen atoms in total. The molecule has 4 rings (SSSR count). The Bertz CT molecular complexity index is 1230. The third-order valence-corrected chi connectivity index (χ3v) is 4.68. The van der Waals surface area contributed by atoms with Crippen molar-refractivity contribution in [2.75, 3.05) is 0 Å². The molecule has 0 amide bonds. The first-order chi connectivity index (χ1) is 15.0. The number of phenolic OH excluding ortho intramolecular Hbond substituents is 1. The predicted molar refractivity (Wildman–Crippen MR) is 114 cm³/mol. The topological polar surface area (TPSA) is 63.6 Å². The van der Waals surface area contributed by atoms with E-state index in [1.54, 1.807) is 60.7 Å². The summed E-state index contributed by atoms with van der Waals surface area (Å²) in [6, 6.07) is 24.8. The predicted octanol–water partition coefficient (Wildman–Crippen LogP) is 5.79. The van der Waals surface area contributed by atoms with Gasteiger partial charge in [0.1, 0.15) is 23.1 Å². The molecule has 31 heavy (non-hydrogen) atoms. The lowest BCUT2D eigenvalue weighted by Gasteiger charge is -2.09. The van der Waals surface area contributed by atoms with E-state index in [4.69, 9.17) is 4.74 Å². The molecule has 0 aliphatic heterocycles. The summed E-state index contributed by atoms with van der Waals surface area (Å²) in [5.41, 5.74) is 1.76. The van der Waals surface area contributed by atoms with E-state index in [2.05, 4.69) is 0 Å². The highest BCUT2D eigenvalue weighted by Gasteiger charge is 2.12. The first-order valence-corrected chi connectivity index (χ1v) is 9.51. The number of ketones is 2. The number of benzene rings is 4. The summed E-state index contributed by atoms with van der Waals surface area (Å²) in [5, 5.41) is 9.38. The van der Waals surface area contributed by atoms with E-state index in [9.17, 15) is 19.1 Å². The number of carbonyl (C=O) groups is 2. The molecule has 5 heteroatoms.